The summed E-state index contributed by atoms with van der Waals surface area (Å²) in [5.74, 6) is -0.169. The molecule has 0 radical (unpaired) electrons. The minimum Gasteiger partial charge on any atom is -0.323 e. The summed E-state index contributed by atoms with van der Waals surface area (Å²) in [4.78, 5) is 22.1. The van der Waals surface area contributed by atoms with E-state index in [2.05, 4.69) is 146 Å². The number of nitrogens with one attached hydrogen (secondary N) is 1. The largest absolute Gasteiger partial charge is 0.323 e. The Bertz CT molecular complexity index is 2080. The Morgan fingerprint density at radius 1 is 0.565 bits per heavy atom. The van der Waals surface area contributed by atoms with Crippen molar-refractivity contribution in [3.63, 3.8) is 0 Å². The summed E-state index contributed by atoms with van der Waals surface area (Å²) in [7, 11) is 0. The van der Waals surface area contributed by atoms with Gasteiger partial charge in [-0.15, -0.1) is 0 Å². The predicted octanol–water partition coefficient (Wildman–Crippen LogP) is 12.0. The molecule has 0 saturated carbocycles. The zero-order valence-corrected chi connectivity index (χ0v) is 27.6. The van der Waals surface area contributed by atoms with Crippen molar-refractivity contribution >= 4 is 91.2 Å². The molecule has 2 aliphatic heterocycles. The molecule has 2 aliphatic rings. The lowest BCUT2D eigenvalue weighted by atomic mass is 10.1. The summed E-state index contributed by atoms with van der Waals surface area (Å²) in [6.07, 6.45) is 3.44. The van der Waals surface area contributed by atoms with Gasteiger partial charge in [-0.2, -0.15) is 0 Å². The fourth-order valence-electron chi connectivity index (χ4n) is 5.78. The first-order valence-corrected chi connectivity index (χ1v) is 17.3. The summed E-state index contributed by atoms with van der Waals surface area (Å²) in [6.45, 7) is 0. The summed E-state index contributed by atoms with van der Waals surface area (Å²) >= 11 is 7.00. The average molecular weight is 697 g/mol. The van der Waals surface area contributed by atoms with Crippen LogP contribution in [0, 0.1) is 0 Å². The molecule has 0 saturated heterocycles. The zero-order chi connectivity index (χ0) is 31.0. The highest BCUT2D eigenvalue weighted by atomic mass is 79.9. The van der Waals surface area contributed by atoms with Crippen LogP contribution in [0.2, 0.25) is 0 Å². The van der Waals surface area contributed by atoms with Crippen molar-refractivity contribution in [3.8, 4) is 0 Å². The number of para-hydroxylation sites is 3. The predicted molar refractivity (Wildman–Crippen MR) is 196 cm³/mol. The number of halogens is 1. The van der Waals surface area contributed by atoms with Gasteiger partial charge in [-0.25, -0.2) is 0 Å². The molecule has 0 unspecified atom stereocenters. The second-order valence-electron chi connectivity index (χ2n) is 10.9. The van der Waals surface area contributed by atoms with Crippen molar-refractivity contribution in [1.29, 1.82) is 0 Å². The number of nitrogens with zero attached hydrogens (tertiary/aromatic N) is 2. The molecule has 1 amide bonds. The molecule has 1 N–H and O–H groups in total. The molecule has 0 aliphatic carbocycles. The van der Waals surface area contributed by atoms with Crippen LogP contribution in [-0.2, 0) is 4.79 Å². The lowest BCUT2D eigenvalue weighted by Crippen LogP contribution is -2.16. The summed E-state index contributed by atoms with van der Waals surface area (Å²) in [6, 6.07) is 48.4. The number of hydrogen-bond acceptors (Lipinski definition) is 5. The topological polar surface area (TPSA) is 35.6 Å². The van der Waals surface area contributed by atoms with Crippen molar-refractivity contribution in [3.05, 3.63) is 156 Å². The smallest absolute Gasteiger partial charge is 0.248 e. The van der Waals surface area contributed by atoms with Gasteiger partial charge < -0.3 is 15.1 Å². The number of hydrogen-bond donors (Lipinski definition) is 1. The highest BCUT2D eigenvalue weighted by Gasteiger charge is 2.27. The molecular weight excluding hydrogens is 670 g/mol. The fraction of sp³-hybridized carbons (Fsp3) is 0. The van der Waals surface area contributed by atoms with E-state index in [9.17, 15) is 4.79 Å². The fourth-order valence-corrected chi connectivity index (χ4v) is 8.21. The van der Waals surface area contributed by atoms with E-state index in [1.165, 1.54) is 26.1 Å². The molecule has 2 heterocycles. The number of anilines is 7. The molecule has 0 aromatic heterocycles. The number of rotatable bonds is 5. The molecule has 7 heteroatoms. The monoisotopic (exact) mass is 695 g/mol. The van der Waals surface area contributed by atoms with Gasteiger partial charge in [0.15, 0.2) is 0 Å². The Kier molecular flexibility index (Phi) is 7.66. The Hall–Kier alpha value is -4.69. The number of carbonyl (C=O) groups excluding carboxylic acids is 1. The first-order chi connectivity index (χ1) is 22.6. The first-order valence-electron chi connectivity index (χ1n) is 14.8. The first kappa shape index (κ1) is 28.8. The third-order valence-corrected chi connectivity index (χ3v) is 10.7. The highest BCUT2D eigenvalue weighted by Crippen LogP contribution is 2.53. The van der Waals surface area contributed by atoms with E-state index in [0.29, 0.717) is 0 Å². The normalized spacial score (nSPS) is 13.1. The van der Waals surface area contributed by atoms with Crippen LogP contribution >= 0.6 is 39.5 Å². The van der Waals surface area contributed by atoms with Gasteiger partial charge >= 0.3 is 0 Å². The van der Waals surface area contributed by atoms with Crippen LogP contribution < -0.4 is 15.1 Å². The highest BCUT2D eigenvalue weighted by molar-refractivity contribution is 9.10. The van der Waals surface area contributed by atoms with Gasteiger partial charge in [-0.05, 0) is 109 Å². The Morgan fingerprint density at radius 3 is 1.59 bits per heavy atom. The standard InChI is InChI=1S/C39H26BrN3OS2/c40-27-15-17-28(18-16-27)41-39(44)24-14-26-13-23-34-38(25-26)46-37-12-6-3-9-33(37)43(34)30-21-19-29(20-22-30)42-31-7-1-4-10-35(31)45-36-11-5-2-8-32(36)42/h1-25H,(H,41,44)/b24-14+. The molecule has 4 nitrogen and oxygen atoms in total. The van der Waals surface area contributed by atoms with Crippen LogP contribution in [-0.4, -0.2) is 5.91 Å². The van der Waals surface area contributed by atoms with Crippen molar-refractivity contribution in [1.82, 2.24) is 0 Å². The molecule has 46 heavy (non-hydrogen) atoms. The minimum atomic E-state index is -0.169. The molecule has 0 fully saturated rings. The van der Waals surface area contributed by atoms with Gasteiger partial charge in [0, 0.05) is 47.2 Å². The Morgan fingerprint density at radius 2 is 1.04 bits per heavy atom. The second kappa shape index (κ2) is 12.2. The number of carbonyl (C=O) groups is 1. The lowest BCUT2D eigenvalue weighted by Gasteiger charge is -2.35. The average Bonchev–Trinajstić information content (AvgIpc) is 3.09. The van der Waals surface area contributed by atoms with Gasteiger partial charge in [-0.3, -0.25) is 4.79 Å². The molecule has 8 rings (SSSR count). The van der Waals surface area contributed by atoms with Crippen molar-refractivity contribution < 1.29 is 4.79 Å². The molecule has 6 aromatic carbocycles. The molecule has 0 atom stereocenters. The van der Waals surface area contributed by atoms with Crippen LogP contribution in [0.1, 0.15) is 5.56 Å². The number of benzene rings is 6. The molecule has 0 spiro atoms. The van der Waals surface area contributed by atoms with Crippen LogP contribution in [0.25, 0.3) is 6.08 Å². The molecular formula is C39H26BrN3OS2. The SMILES string of the molecule is O=C(/C=C/c1ccc2c(c1)Sc1ccccc1N2c1ccc(N2c3ccccc3Sc3ccccc32)cc1)Nc1ccc(Br)cc1. The maximum atomic E-state index is 12.6. The van der Waals surface area contributed by atoms with Crippen molar-refractivity contribution in [2.75, 3.05) is 15.1 Å². The van der Waals surface area contributed by atoms with E-state index in [-0.39, 0.29) is 5.91 Å². The minimum absolute atomic E-state index is 0.169. The van der Waals surface area contributed by atoms with E-state index in [1.807, 2.05) is 42.1 Å². The van der Waals surface area contributed by atoms with Gasteiger partial charge in [-0.1, -0.05) is 81.9 Å². The summed E-state index contributed by atoms with van der Waals surface area (Å²) < 4.78 is 0.969. The molecule has 222 valence electrons. The van der Waals surface area contributed by atoms with E-state index in [4.69, 9.17) is 0 Å². The maximum absolute atomic E-state index is 12.6. The van der Waals surface area contributed by atoms with E-state index < -0.39 is 0 Å². The molecule has 6 aromatic rings. The van der Waals surface area contributed by atoms with Gasteiger partial charge in [0.25, 0.3) is 0 Å². The van der Waals surface area contributed by atoms with Gasteiger partial charge in [0.05, 0.1) is 22.7 Å². The van der Waals surface area contributed by atoms with E-state index in [1.54, 1.807) is 17.8 Å². The van der Waals surface area contributed by atoms with Crippen LogP contribution in [0.4, 0.5) is 39.8 Å². The van der Waals surface area contributed by atoms with E-state index in [0.717, 1.165) is 43.4 Å². The van der Waals surface area contributed by atoms with E-state index >= 15 is 0 Å². The molecule has 0 bridgehead atoms. The zero-order valence-electron chi connectivity index (χ0n) is 24.4. The van der Waals surface area contributed by atoms with Crippen LogP contribution in [0.5, 0.6) is 0 Å². The maximum Gasteiger partial charge on any atom is 0.248 e. The quantitative estimate of drug-likeness (QED) is 0.181. The third kappa shape index (κ3) is 5.51. The van der Waals surface area contributed by atoms with Crippen molar-refractivity contribution in [2.24, 2.45) is 0 Å². The second-order valence-corrected chi connectivity index (χ2v) is 13.9. The lowest BCUT2D eigenvalue weighted by molar-refractivity contribution is -0.111. The number of fused-ring (bicyclic) bond motifs is 4. The van der Waals surface area contributed by atoms with Crippen LogP contribution in [0.15, 0.2) is 170 Å². The van der Waals surface area contributed by atoms with Crippen molar-refractivity contribution in [2.45, 2.75) is 19.6 Å². The van der Waals surface area contributed by atoms with Crippen LogP contribution in [0.3, 0.4) is 0 Å². The summed E-state index contributed by atoms with van der Waals surface area (Å²) in [5, 5.41) is 2.92. The van der Waals surface area contributed by atoms with Gasteiger partial charge in [0.1, 0.15) is 0 Å². The number of amides is 1. The Labute approximate surface area is 284 Å². The third-order valence-electron chi connectivity index (χ3n) is 7.89. The Balaban J connectivity index is 1.11. The summed E-state index contributed by atoms with van der Waals surface area (Å²) in [5.41, 5.74) is 8.56. The van der Waals surface area contributed by atoms with Gasteiger partial charge in [0.2, 0.25) is 5.91 Å².